The van der Waals surface area contributed by atoms with E-state index in [0.29, 0.717) is 18.7 Å². The Balaban J connectivity index is 1.62. The molecule has 25 heavy (non-hydrogen) atoms. The molecule has 1 aromatic carbocycles. The molecule has 1 aromatic heterocycles. The highest BCUT2D eigenvalue weighted by atomic mass is 32.2. The number of nitrogens with one attached hydrogen (secondary N) is 1. The molecule has 0 aliphatic carbocycles. The second-order valence-electron chi connectivity index (χ2n) is 5.92. The molecule has 3 rings (SSSR count). The van der Waals surface area contributed by atoms with Crippen molar-refractivity contribution < 1.29 is 18.3 Å². The van der Waals surface area contributed by atoms with E-state index in [1.54, 1.807) is 6.07 Å². The van der Waals surface area contributed by atoms with Crippen LogP contribution in [0.4, 0.5) is 0 Å². The van der Waals surface area contributed by atoms with Crippen LogP contribution in [0.25, 0.3) is 0 Å². The quantitative estimate of drug-likeness (QED) is 0.802. The Morgan fingerprint density at radius 1 is 1.20 bits per heavy atom. The molecule has 0 spiro atoms. The van der Waals surface area contributed by atoms with Crippen LogP contribution in [0.3, 0.4) is 0 Å². The number of thiophene rings is 1. The Labute approximate surface area is 151 Å². The van der Waals surface area contributed by atoms with Gasteiger partial charge in [-0.15, -0.1) is 0 Å². The van der Waals surface area contributed by atoms with Gasteiger partial charge >= 0.3 is 0 Å². The Kier molecular flexibility index (Phi) is 5.53. The van der Waals surface area contributed by atoms with E-state index in [9.17, 15) is 18.3 Å². The van der Waals surface area contributed by atoms with Crippen LogP contribution >= 0.6 is 11.3 Å². The van der Waals surface area contributed by atoms with Crippen LogP contribution in [0.1, 0.15) is 34.9 Å². The molecular weight excluding hydrogens is 360 g/mol. The van der Waals surface area contributed by atoms with Crippen molar-refractivity contribution in [2.45, 2.75) is 23.8 Å². The molecule has 1 fully saturated rings. The molecule has 134 valence electrons. The molecule has 0 saturated carbocycles. The monoisotopic (exact) mass is 380 g/mol. The minimum Gasteiger partial charge on any atom is -0.387 e. The van der Waals surface area contributed by atoms with Crippen LogP contribution < -0.4 is 5.32 Å². The van der Waals surface area contributed by atoms with Gasteiger partial charge in [-0.2, -0.15) is 15.6 Å². The number of sulfonamides is 1. The molecule has 8 heteroatoms. The lowest BCUT2D eigenvalue weighted by atomic mass is 10.2. The molecule has 0 radical (unpaired) electrons. The normalized spacial score (nSPS) is 16.7. The van der Waals surface area contributed by atoms with E-state index in [1.807, 2.05) is 10.8 Å². The SMILES string of the molecule is O=C(NC[C@H](O)c1ccsc1)c1ccc(S(=O)(=O)N2CCCC2)cc1. The third-order valence-electron chi connectivity index (χ3n) is 4.20. The van der Waals surface area contributed by atoms with Crippen molar-refractivity contribution in [2.75, 3.05) is 19.6 Å². The lowest BCUT2D eigenvalue weighted by Gasteiger charge is -2.15. The predicted octanol–water partition coefficient (Wildman–Crippen LogP) is 2.00. The van der Waals surface area contributed by atoms with Crippen LogP contribution in [-0.2, 0) is 10.0 Å². The summed E-state index contributed by atoms with van der Waals surface area (Å²) in [5, 5.41) is 16.3. The maximum absolute atomic E-state index is 12.5. The van der Waals surface area contributed by atoms with Gasteiger partial charge in [0.2, 0.25) is 10.0 Å². The Hall–Kier alpha value is -1.74. The van der Waals surface area contributed by atoms with E-state index in [0.717, 1.165) is 18.4 Å². The molecule has 2 heterocycles. The minimum absolute atomic E-state index is 0.101. The van der Waals surface area contributed by atoms with Crippen LogP contribution in [0, 0.1) is 0 Å². The smallest absolute Gasteiger partial charge is 0.251 e. The third kappa shape index (κ3) is 4.09. The van der Waals surface area contributed by atoms with Gasteiger partial charge in [-0.25, -0.2) is 8.42 Å². The fraction of sp³-hybridized carbons (Fsp3) is 0.353. The molecular formula is C17H20N2O4S2. The molecule has 2 N–H and O–H groups in total. The summed E-state index contributed by atoms with van der Waals surface area (Å²) in [4.78, 5) is 12.4. The second kappa shape index (κ2) is 7.65. The van der Waals surface area contributed by atoms with Crippen LogP contribution in [-0.4, -0.2) is 43.4 Å². The highest BCUT2D eigenvalue weighted by Gasteiger charge is 2.27. The van der Waals surface area contributed by atoms with Gasteiger partial charge < -0.3 is 10.4 Å². The van der Waals surface area contributed by atoms with E-state index in [-0.39, 0.29) is 17.3 Å². The molecule has 1 aliphatic heterocycles. The molecule has 0 unspecified atom stereocenters. The number of rotatable bonds is 6. The van der Waals surface area contributed by atoms with Gasteiger partial charge in [-0.1, -0.05) is 0 Å². The van der Waals surface area contributed by atoms with Gasteiger partial charge in [0.25, 0.3) is 5.91 Å². The fourth-order valence-corrected chi connectivity index (χ4v) is 4.95. The first-order valence-electron chi connectivity index (χ1n) is 8.07. The van der Waals surface area contributed by atoms with Crippen molar-refractivity contribution >= 4 is 27.3 Å². The zero-order valence-corrected chi connectivity index (χ0v) is 15.2. The Morgan fingerprint density at radius 2 is 1.88 bits per heavy atom. The average molecular weight is 380 g/mol. The lowest BCUT2D eigenvalue weighted by molar-refractivity contribution is 0.0916. The minimum atomic E-state index is -3.47. The standard InChI is InChI=1S/C17H20N2O4S2/c20-16(14-7-10-24-12-14)11-18-17(21)13-3-5-15(6-4-13)25(22,23)19-8-1-2-9-19/h3-7,10,12,16,20H,1-2,8-9,11H2,(H,18,21)/t16-/m0/s1. The zero-order valence-electron chi connectivity index (χ0n) is 13.6. The van der Waals surface area contributed by atoms with Crippen molar-refractivity contribution in [3.8, 4) is 0 Å². The van der Waals surface area contributed by atoms with Crippen LogP contribution in [0.15, 0.2) is 46.0 Å². The van der Waals surface area contributed by atoms with E-state index in [4.69, 9.17) is 0 Å². The summed E-state index contributed by atoms with van der Waals surface area (Å²) < 4.78 is 26.4. The number of aliphatic hydroxyl groups excluding tert-OH is 1. The van der Waals surface area contributed by atoms with Crippen molar-refractivity contribution in [1.82, 2.24) is 9.62 Å². The highest BCUT2D eigenvalue weighted by molar-refractivity contribution is 7.89. The summed E-state index contributed by atoms with van der Waals surface area (Å²) in [5.41, 5.74) is 1.12. The number of aliphatic hydroxyl groups is 1. The van der Waals surface area contributed by atoms with Crippen molar-refractivity contribution in [3.63, 3.8) is 0 Å². The van der Waals surface area contributed by atoms with Gasteiger partial charge in [-0.3, -0.25) is 4.79 Å². The third-order valence-corrected chi connectivity index (χ3v) is 6.82. The molecule has 1 amide bonds. The van der Waals surface area contributed by atoms with E-state index < -0.39 is 16.1 Å². The number of hydrogen-bond donors (Lipinski definition) is 2. The summed E-state index contributed by atoms with van der Waals surface area (Å²) in [6.07, 6.45) is 1.00. The molecule has 1 atom stereocenters. The summed E-state index contributed by atoms with van der Waals surface area (Å²) in [6, 6.07) is 7.71. The number of amides is 1. The predicted molar refractivity (Wildman–Crippen MR) is 96.0 cm³/mol. The largest absolute Gasteiger partial charge is 0.387 e. The molecule has 2 aromatic rings. The average Bonchev–Trinajstić information content (AvgIpc) is 3.33. The fourth-order valence-electron chi connectivity index (χ4n) is 2.73. The molecule has 1 aliphatic rings. The van der Waals surface area contributed by atoms with Gasteiger partial charge in [-0.05, 0) is 59.5 Å². The summed E-state index contributed by atoms with van der Waals surface area (Å²) >= 11 is 1.48. The van der Waals surface area contributed by atoms with E-state index in [1.165, 1.54) is 39.9 Å². The van der Waals surface area contributed by atoms with Gasteiger partial charge in [0.05, 0.1) is 11.0 Å². The maximum Gasteiger partial charge on any atom is 0.251 e. The van der Waals surface area contributed by atoms with E-state index >= 15 is 0 Å². The van der Waals surface area contributed by atoms with Crippen LogP contribution in [0.2, 0.25) is 0 Å². The lowest BCUT2D eigenvalue weighted by Crippen LogP contribution is -2.29. The van der Waals surface area contributed by atoms with Gasteiger partial charge in [0.15, 0.2) is 0 Å². The Bertz CT molecular complexity index is 811. The molecule has 1 saturated heterocycles. The summed E-state index contributed by atoms with van der Waals surface area (Å²) in [5.74, 6) is -0.348. The number of carbonyl (C=O) groups is 1. The summed E-state index contributed by atoms with van der Waals surface area (Å²) in [7, 11) is -3.47. The van der Waals surface area contributed by atoms with E-state index in [2.05, 4.69) is 5.32 Å². The van der Waals surface area contributed by atoms with Gasteiger partial charge in [0.1, 0.15) is 0 Å². The second-order valence-corrected chi connectivity index (χ2v) is 8.64. The van der Waals surface area contributed by atoms with Crippen molar-refractivity contribution in [2.24, 2.45) is 0 Å². The first-order valence-corrected chi connectivity index (χ1v) is 10.5. The Morgan fingerprint density at radius 3 is 2.48 bits per heavy atom. The van der Waals surface area contributed by atoms with Crippen molar-refractivity contribution in [1.29, 1.82) is 0 Å². The molecule has 0 bridgehead atoms. The number of nitrogens with zero attached hydrogens (tertiary/aromatic N) is 1. The zero-order chi connectivity index (χ0) is 17.9. The molecule has 6 nitrogen and oxygen atoms in total. The van der Waals surface area contributed by atoms with Crippen LogP contribution in [0.5, 0.6) is 0 Å². The first kappa shape index (κ1) is 18.1. The maximum atomic E-state index is 12.5. The number of carbonyl (C=O) groups excluding carboxylic acids is 1. The number of hydrogen-bond acceptors (Lipinski definition) is 5. The number of benzene rings is 1. The summed E-state index contributed by atoms with van der Waals surface area (Å²) in [6.45, 7) is 1.19. The first-order chi connectivity index (χ1) is 12.0. The highest BCUT2D eigenvalue weighted by Crippen LogP contribution is 2.21. The topological polar surface area (TPSA) is 86.7 Å². The van der Waals surface area contributed by atoms with Crippen molar-refractivity contribution in [3.05, 3.63) is 52.2 Å². The van der Waals surface area contributed by atoms with Gasteiger partial charge in [0, 0.05) is 25.2 Å².